The van der Waals surface area contributed by atoms with E-state index in [0.29, 0.717) is 16.6 Å². The first kappa shape index (κ1) is 18.7. The SMILES string of the molecule is COc1ccc(NC(=O)COC(=O)CSc2nc(C)cc(C)n2)cc1. The second kappa shape index (κ2) is 9.03. The summed E-state index contributed by atoms with van der Waals surface area (Å²) >= 11 is 1.17. The summed E-state index contributed by atoms with van der Waals surface area (Å²) in [7, 11) is 1.56. The molecule has 25 heavy (non-hydrogen) atoms. The molecule has 0 radical (unpaired) electrons. The Morgan fingerprint density at radius 1 is 1.12 bits per heavy atom. The highest BCUT2D eigenvalue weighted by atomic mass is 32.2. The summed E-state index contributed by atoms with van der Waals surface area (Å²) in [5, 5.41) is 3.15. The first-order chi connectivity index (χ1) is 12.0. The van der Waals surface area contributed by atoms with Crippen molar-refractivity contribution in [2.75, 3.05) is 24.8 Å². The molecule has 1 heterocycles. The number of methoxy groups -OCH3 is 1. The van der Waals surface area contributed by atoms with Gasteiger partial charge < -0.3 is 14.8 Å². The first-order valence-electron chi connectivity index (χ1n) is 7.51. The number of carbonyl (C=O) groups excluding carboxylic acids is 2. The van der Waals surface area contributed by atoms with Crippen molar-refractivity contribution < 1.29 is 19.1 Å². The number of esters is 1. The molecule has 0 saturated heterocycles. The van der Waals surface area contributed by atoms with Gasteiger partial charge in [-0.1, -0.05) is 11.8 Å². The van der Waals surface area contributed by atoms with E-state index < -0.39 is 11.9 Å². The molecule has 1 aromatic carbocycles. The average molecular weight is 361 g/mol. The predicted octanol–water partition coefficient (Wildman–Crippen LogP) is 2.38. The van der Waals surface area contributed by atoms with Crippen LogP contribution in [0, 0.1) is 13.8 Å². The minimum atomic E-state index is -0.502. The van der Waals surface area contributed by atoms with E-state index >= 15 is 0 Å². The normalized spacial score (nSPS) is 10.2. The van der Waals surface area contributed by atoms with E-state index in [9.17, 15) is 9.59 Å². The van der Waals surface area contributed by atoms with Gasteiger partial charge in [0.1, 0.15) is 5.75 Å². The average Bonchev–Trinajstić information content (AvgIpc) is 2.58. The van der Waals surface area contributed by atoms with Crippen LogP contribution in [0.5, 0.6) is 5.75 Å². The minimum Gasteiger partial charge on any atom is -0.497 e. The number of aromatic nitrogens is 2. The number of amides is 1. The lowest BCUT2D eigenvalue weighted by molar-refractivity contribution is -0.144. The van der Waals surface area contributed by atoms with Gasteiger partial charge in [-0.15, -0.1) is 0 Å². The van der Waals surface area contributed by atoms with Crippen LogP contribution in [-0.4, -0.2) is 41.3 Å². The van der Waals surface area contributed by atoms with Gasteiger partial charge >= 0.3 is 5.97 Å². The Hall–Kier alpha value is -2.61. The topological polar surface area (TPSA) is 90.4 Å². The molecule has 0 aliphatic heterocycles. The fourth-order valence-corrected chi connectivity index (χ4v) is 2.69. The van der Waals surface area contributed by atoms with Crippen molar-refractivity contribution in [2.24, 2.45) is 0 Å². The number of nitrogens with one attached hydrogen (secondary N) is 1. The summed E-state index contributed by atoms with van der Waals surface area (Å²) in [4.78, 5) is 32.0. The van der Waals surface area contributed by atoms with Gasteiger partial charge in [0.05, 0.1) is 12.9 Å². The molecule has 2 rings (SSSR count). The number of anilines is 1. The van der Waals surface area contributed by atoms with Crippen LogP contribution in [0.3, 0.4) is 0 Å². The number of aryl methyl sites for hydroxylation is 2. The maximum Gasteiger partial charge on any atom is 0.316 e. The number of nitrogens with zero attached hydrogens (tertiary/aromatic N) is 2. The molecule has 0 aliphatic carbocycles. The number of benzene rings is 1. The van der Waals surface area contributed by atoms with Crippen LogP contribution in [0.1, 0.15) is 11.4 Å². The Labute approximate surface area is 150 Å². The Balaban J connectivity index is 1.74. The molecule has 8 heteroatoms. The molecular weight excluding hydrogens is 342 g/mol. The summed E-state index contributed by atoms with van der Waals surface area (Å²) in [5.74, 6) is -0.183. The van der Waals surface area contributed by atoms with Crippen molar-refractivity contribution in [1.82, 2.24) is 9.97 Å². The van der Waals surface area contributed by atoms with Crippen molar-refractivity contribution in [2.45, 2.75) is 19.0 Å². The highest BCUT2D eigenvalue weighted by Gasteiger charge is 2.10. The van der Waals surface area contributed by atoms with E-state index in [1.54, 1.807) is 31.4 Å². The first-order valence-corrected chi connectivity index (χ1v) is 8.49. The van der Waals surface area contributed by atoms with Gasteiger partial charge in [0.15, 0.2) is 11.8 Å². The molecule has 1 N–H and O–H groups in total. The van der Waals surface area contributed by atoms with Gasteiger partial charge in [-0.05, 0) is 44.2 Å². The molecule has 0 bridgehead atoms. The lowest BCUT2D eigenvalue weighted by Gasteiger charge is -2.07. The number of carbonyl (C=O) groups is 2. The van der Waals surface area contributed by atoms with Crippen molar-refractivity contribution in [3.8, 4) is 5.75 Å². The minimum absolute atomic E-state index is 0.0404. The molecule has 0 aliphatic rings. The zero-order valence-corrected chi connectivity index (χ0v) is 15.1. The van der Waals surface area contributed by atoms with E-state index in [1.807, 2.05) is 19.9 Å². The summed E-state index contributed by atoms with van der Waals surface area (Å²) in [6, 6.07) is 8.70. The maximum absolute atomic E-state index is 11.8. The predicted molar refractivity (Wildman–Crippen MR) is 94.8 cm³/mol. The molecule has 0 spiro atoms. The third-order valence-corrected chi connectivity index (χ3v) is 3.84. The van der Waals surface area contributed by atoms with Crippen LogP contribution >= 0.6 is 11.8 Å². The maximum atomic E-state index is 11.8. The fourth-order valence-electron chi connectivity index (χ4n) is 1.94. The Morgan fingerprint density at radius 3 is 2.36 bits per heavy atom. The van der Waals surface area contributed by atoms with Crippen molar-refractivity contribution in [3.05, 3.63) is 41.7 Å². The Bertz CT molecular complexity index is 730. The highest BCUT2D eigenvalue weighted by Crippen LogP contribution is 2.15. The van der Waals surface area contributed by atoms with Gasteiger partial charge in [0, 0.05) is 17.1 Å². The van der Waals surface area contributed by atoms with Crippen LogP contribution < -0.4 is 10.1 Å². The van der Waals surface area contributed by atoms with Crippen molar-refractivity contribution >= 4 is 29.3 Å². The van der Waals surface area contributed by atoms with Gasteiger partial charge in [0.25, 0.3) is 5.91 Å². The van der Waals surface area contributed by atoms with Gasteiger partial charge in [0.2, 0.25) is 0 Å². The van der Waals surface area contributed by atoms with Crippen LogP contribution in [0.15, 0.2) is 35.5 Å². The van der Waals surface area contributed by atoms with Gasteiger partial charge in [-0.25, -0.2) is 9.97 Å². The largest absolute Gasteiger partial charge is 0.497 e. The molecular formula is C17H19N3O4S. The molecule has 0 saturated carbocycles. The van der Waals surface area contributed by atoms with Gasteiger partial charge in [-0.2, -0.15) is 0 Å². The van der Waals surface area contributed by atoms with Gasteiger partial charge in [-0.3, -0.25) is 9.59 Å². The molecule has 0 unspecified atom stereocenters. The second-order valence-corrected chi connectivity index (χ2v) is 6.10. The quantitative estimate of drug-likeness (QED) is 0.460. The number of rotatable bonds is 7. The second-order valence-electron chi connectivity index (χ2n) is 5.16. The van der Waals surface area contributed by atoms with E-state index in [0.717, 1.165) is 11.4 Å². The summed E-state index contributed by atoms with van der Waals surface area (Å²) in [6.07, 6.45) is 0. The monoisotopic (exact) mass is 361 g/mol. The molecule has 1 amide bonds. The number of thioether (sulfide) groups is 1. The lowest BCUT2D eigenvalue weighted by atomic mass is 10.3. The fraction of sp³-hybridized carbons (Fsp3) is 0.294. The lowest BCUT2D eigenvalue weighted by Crippen LogP contribution is -2.21. The van der Waals surface area contributed by atoms with Crippen molar-refractivity contribution in [1.29, 1.82) is 0 Å². The molecule has 0 atom stereocenters. The standard InChI is InChI=1S/C17H19N3O4S/c1-11-8-12(2)19-17(18-11)25-10-16(22)24-9-15(21)20-13-4-6-14(23-3)7-5-13/h4-8H,9-10H2,1-3H3,(H,20,21). The van der Waals surface area contributed by atoms with E-state index in [1.165, 1.54) is 11.8 Å². The summed E-state index contributed by atoms with van der Waals surface area (Å²) in [6.45, 7) is 3.38. The van der Waals surface area contributed by atoms with E-state index in [4.69, 9.17) is 9.47 Å². The smallest absolute Gasteiger partial charge is 0.316 e. The number of hydrogen-bond acceptors (Lipinski definition) is 7. The van der Waals surface area contributed by atoms with Crippen LogP contribution in [0.4, 0.5) is 5.69 Å². The zero-order chi connectivity index (χ0) is 18.2. The summed E-state index contributed by atoms with van der Waals surface area (Å²) in [5.41, 5.74) is 2.27. The highest BCUT2D eigenvalue weighted by molar-refractivity contribution is 7.99. The number of ether oxygens (including phenoxy) is 2. The molecule has 0 fully saturated rings. The molecule has 1 aromatic heterocycles. The third kappa shape index (κ3) is 6.42. The van der Waals surface area contributed by atoms with Crippen LogP contribution in [0.25, 0.3) is 0 Å². The summed E-state index contributed by atoms with van der Waals surface area (Å²) < 4.78 is 9.99. The molecule has 7 nitrogen and oxygen atoms in total. The molecule has 132 valence electrons. The van der Waals surface area contributed by atoms with E-state index in [2.05, 4.69) is 15.3 Å². The zero-order valence-electron chi connectivity index (χ0n) is 14.2. The van der Waals surface area contributed by atoms with Crippen LogP contribution in [-0.2, 0) is 14.3 Å². The Kier molecular flexibility index (Phi) is 6.76. The number of hydrogen-bond donors (Lipinski definition) is 1. The third-order valence-electron chi connectivity index (χ3n) is 3.02. The Morgan fingerprint density at radius 2 is 1.76 bits per heavy atom. The molecule has 2 aromatic rings. The van der Waals surface area contributed by atoms with Crippen molar-refractivity contribution in [3.63, 3.8) is 0 Å². The van der Waals surface area contributed by atoms with Crippen LogP contribution in [0.2, 0.25) is 0 Å². The van der Waals surface area contributed by atoms with E-state index in [-0.39, 0.29) is 12.4 Å².